The normalized spacial score (nSPS) is 53.5. The molecule has 37 heavy (non-hydrogen) atoms. The molecule has 0 aliphatic heterocycles. The van der Waals surface area contributed by atoms with Gasteiger partial charge in [0.25, 0.3) is 0 Å². The number of carbonyl (C=O) groups excluding carboxylic acids is 2. The zero-order chi connectivity index (χ0) is 27.2. The molecule has 5 rings (SSSR count). The number of hydrogen-bond acceptors (Lipinski definition) is 6. The Hall–Kier alpha value is -1.24. The first-order valence-corrected chi connectivity index (χ1v) is 14.5. The molecule has 4 fully saturated rings. The van der Waals surface area contributed by atoms with E-state index in [1.54, 1.807) is 0 Å². The van der Waals surface area contributed by atoms with Gasteiger partial charge in [-0.3, -0.25) is 9.59 Å². The van der Waals surface area contributed by atoms with Gasteiger partial charge in [0.2, 0.25) is 0 Å². The van der Waals surface area contributed by atoms with Gasteiger partial charge in [-0.05, 0) is 105 Å². The summed E-state index contributed by atoms with van der Waals surface area (Å²) in [6.07, 6.45) is 8.12. The van der Waals surface area contributed by atoms with Crippen molar-refractivity contribution in [2.24, 2.45) is 50.7 Å². The van der Waals surface area contributed by atoms with Crippen LogP contribution in [0.1, 0.15) is 92.4 Å². The number of methoxy groups -OCH3 is 1. The second-order valence-electron chi connectivity index (χ2n) is 14.7. The van der Waals surface area contributed by atoms with Crippen LogP contribution in [-0.4, -0.2) is 53.0 Å². The van der Waals surface area contributed by atoms with Crippen molar-refractivity contribution in [3.63, 3.8) is 0 Å². The number of fused-ring (bicyclic) bond motifs is 6. The van der Waals surface area contributed by atoms with E-state index in [-0.39, 0.29) is 52.4 Å². The summed E-state index contributed by atoms with van der Waals surface area (Å²) < 4.78 is 5.26. The number of aliphatic hydroxyl groups is 3. The van der Waals surface area contributed by atoms with E-state index in [4.69, 9.17) is 4.74 Å². The lowest BCUT2D eigenvalue weighted by Gasteiger charge is -2.63. The summed E-state index contributed by atoms with van der Waals surface area (Å²) in [5.74, 6) is 0.0677. The third-order valence-electron chi connectivity index (χ3n) is 13.0. The summed E-state index contributed by atoms with van der Waals surface area (Å²) in [5.41, 5.74) is -0.839. The highest BCUT2D eigenvalue weighted by Crippen LogP contribution is 2.70. The Morgan fingerprint density at radius 1 is 0.919 bits per heavy atom. The van der Waals surface area contributed by atoms with E-state index >= 15 is 0 Å². The fourth-order valence-corrected chi connectivity index (χ4v) is 11.1. The summed E-state index contributed by atoms with van der Waals surface area (Å²) >= 11 is 0. The SMILES string of the molecule is COC(=O)[C@@]1(C)[C@H](O)CC[C@]2(C)[C@H]3CC[C@H]4C(=CC(=O)[C@@H]5[C@]4(C)CC[C@@H](O)[C@]5(C)CO)C[C@]3(C)CC[C@@H]21. The molecule has 0 spiro atoms. The van der Waals surface area contributed by atoms with Crippen molar-refractivity contribution < 1.29 is 29.6 Å². The minimum absolute atomic E-state index is 0.0170. The summed E-state index contributed by atoms with van der Waals surface area (Å²) in [5, 5.41) is 32.3. The number of ether oxygens (including phenoxy) is 1. The highest BCUT2D eigenvalue weighted by atomic mass is 16.5. The van der Waals surface area contributed by atoms with Crippen molar-refractivity contribution in [2.45, 2.75) is 105 Å². The van der Waals surface area contributed by atoms with Gasteiger partial charge in [0.1, 0.15) is 0 Å². The molecule has 0 amide bonds. The van der Waals surface area contributed by atoms with Crippen LogP contribution in [-0.2, 0) is 14.3 Å². The lowest BCUT2D eigenvalue weighted by Crippen LogP contribution is -2.61. The molecule has 3 N–H and O–H groups in total. The third kappa shape index (κ3) is 3.47. The Morgan fingerprint density at radius 2 is 1.57 bits per heavy atom. The van der Waals surface area contributed by atoms with Gasteiger partial charge in [0, 0.05) is 11.3 Å². The summed E-state index contributed by atoms with van der Waals surface area (Å²) in [6.45, 7) is 10.6. The van der Waals surface area contributed by atoms with Crippen molar-refractivity contribution >= 4 is 11.8 Å². The van der Waals surface area contributed by atoms with Crippen LogP contribution < -0.4 is 0 Å². The summed E-state index contributed by atoms with van der Waals surface area (Å²) in [6, 6.07) is 0. The third-order valence-corrected chi connectivity index (χ3v) is 13.0. The largest absolute Gasteiger partial charge is 0.469 e. The van der Waals surface area contributed by atoms with Gasteiger partial charge in [-0.15, -0.1) is 0 Å². The van der Waals surface area contributed by atoms with Crippen molar-refractivity contribution in [2.75, 3.05) is 13.7 Å². The minimum Gasteiger partial charge on any atom is -0.469 e. The topological polar surface area (TPSA) is 104 Å². The van der Waals surface area contributed by atoms with E-state index in [1.165, 1.54) is 12.7 Å². The van der Waals surface area contributed by atoms with Gasteiger partial charge in [-0.1, -0.05) is 33.3 Å². The van der Waals surface area contributed by atoms with Crippen molar-refractivity contribution in [3.8, 4) is 0 Å². The average Bonchev–Trinajstić information content (AvgIpc) is 3.00. The predicted molar refractivity (Wildman–Crippen MR) is 140 cm³/mol. The van der Waals surface area contributed by atoms with E-state index in [1.807, 2.05) is 19.9 Å². The molecule has 0 unspecified atom stereocenters. The number of hydrogen-bond donors (Lipinski definition) is 3. The molecule has 6 heteroatoms. The lowest BCUT2D eigenvalue weighted by molar-refractivity contribution is -0.202. The molecule has 0 heterocycles. The minimum atomic E-state index is -0.906. The van der Waals surface area contributed by atoms with Gasteiger partial charge in [0.15, 0.2) is 5.78 Å². The molecular weight excluding hydrogens is 468 g/mol. The second-order valence-corrected chi connectivity index (χ2v) is 14.7. The first-order chi connectivity index (χ1) is 17.2. The van der Waals surface area contributed by atoms with Crippen LogP contribution in [0.3, 0.4) is 0 Å². The van der Waals surface area contributed by atoms with Crippen LogP contribution in [0, 0.1) is 50.7 Å². The van der Waals surface area contributed by atoms with E-state index in [0.717, 1.165) is 44.9 Å². The van der Waals surface area contributed by atoms with Gasteiger partial charge >= 0.3 is 5.97 Å². The number of aliphatic hydroxyl groups excluding tert-OH is 3. The van der Waals surface area contributed by atoms with Crippen LogP contribution in [0.25, 0.3) is 0 Å². The summed E-state index contributed by atoms with van der Waals surface area (Å²) in [7, 11) is 1.43. The maximum Gasteiger partial charge on any atom is 0.314 e. The first-order valence-electron chi connectivity index (χ1n) is 14.5. The number of allylic oxidation sites excluding steroid dienone is 2. The molecule has 0 aromatic heterocycles. The fourth-order valence-electron chi connectivity index (χ4n) is 11.1. The average molecular weight is 517 g/mol. The number of esters is 1. The Morgan fingerprint density at radius 3 is 2.22 bits per heavy atom. The van der Waals surface area contributed by atoms with Gasteiger partial charge < -0.3 is 20.1 Å². The number of rotatable bonds is 2. The van der Waals surface area contributed by atoms with Crippen molar-refractivity contribution in [1.82, 2.24) is 0 Å². The van der Waals surface area contributed by atoms with E-state index in [9.17, 15) is 24.9 Å². The quantitative estimate of drug-likeness (QED) is 0.469. The molecule has 5 aliphatic rings. The van der Waals surface area contributed by atoms with E-state index in [0.29, 0.717) is 18.8 Å². The van der Waals surface area contributed by atoms with Crippen LogP contribution in [0.2, 0.25) is 0 Å². The fraction of sp³-hybridized carbons (Fsp3) is 0.871. The molecule has 0 radical (unpaired) electrons. The standard InChI is InChI=1S/C31H48O6/c1-27-12-9-22-29(3,14-11-24(35)31(22,5)26(36)37-6)21(27)8-7-19-18(16-27)15-20(33)25-28(19,2)13-10-23(34)30(25,4)17-32/h15,19,21-25,32,34-35H,7-14,16-17H2,1-6H3/t19-,21-,22-,23+,24+,25+,27-,28+,29+,30-,31+/m0/s1. The lowest BCUT2D eigenvalue weighted by atomic mass is 9.41. The Labute approximate surface area is 222 Å². The molecular formula is C31H48O6. The monoisotopic (exact) mass is 516 g/mol. The highest BCUT2D eigenvalue weighted by Gasteiger charge is 2.67. The van der Waals surface area contributed by atoms with Crippen LogP contribution in [0.15, 0.2) is 11.6 Å². The Bertz CT molecular complexity index is 1010. The molecule has 6 nitrogen and oxygen atoms in total. The second kappa shape index (κ2) is 8.63. The van der Waals surface area contributed by atoms with Crippen LogP contribution in [0.5, 0.6) is 0 Å². The van der Waals surface area contributed by atoms with Gasteiger partial charge in [-0.25, -0.2) is 0 Å². The molecule has 5 aliphatic carbocycles. The van der Waals surface area contributed by atoms with Crippen molar-refractivity contribution in [3.05, 3.63) is 11.6 Å². The smallest absolute Gasteiger partial charge is 0.314 e. The molecule has 0 bridgehead atoms. The van der Waals surface area contributed by atoms with E-state index in [2.05, 4.69) is 20.8 Å². The predicted octanol–water partition coefficient (Wildman–Crippen LogP) is 4.44. The zero-order valence-corrected chi connectivity index (χ0v) is 23.7. The molecule has 208 valence electrons. The van der Waals surface area contributed by atoms with Crippen LogP contribution in [0.4, 0.5) is 0 Å². The van der Waals surface area contributed by atoms with Crippen molar-refractivity contribution in [1.29, 1.82) is 0 Å². The Kier molecular flexibility index (Phi) is 6.37. The summed E-state index contributed by atoms with van der Waals surface area (Å²) in [4.78, 5) is 26.8. The number of ketones is 1. The number of carbonyl (C=O) groups is 2. The molecule has 0 aromatic carbocycles. The highest BCUT2D eigenvalue weighted by molar-refractivity contribution is 5.95. The maximum absolute atomic E-state index is 13.7. The zero-order valence-electron chi connectivity index (χ0n) is 23.7. The molecule has 0 saturated heterocycles. The maximum atomic E-state index is 13.7. The van der Waals surface area contributed by atoms with Crippen LogP contribution >= 0.6 is 0 Å². The first kappa shape index (κ1) is 27.3. The van der Waals surface area contributed by atoms with Gasteiger partial charge in [-0.2, -0.15) is 0 Å². The van der Waals surface area contributed by atoms with Gasteiger partial charge in [0.05, 0.1) is 31.3 Å². The Balaban J connectivity index is 1.54. The molecule has 0 aromatic rings. The molecule has 11 atom stereocenters. The van der Waals surface area contributed by atoms with E-state index < -0.39 is 23.0 Å². The molecule has 4 saturated carbocycles.